The molecule has 12 heteroatoms. The maximum Gasteiger partial charge on any atom is 0.263 e. The van der Waals surface area contributed by atoms with E-state index >= 15 is 0 Å². The molecule has 0 spiro atoms. The second-order valence-electron chi connectivity index (χ2n) is 7.09. The highest BCUT2D eigenvalue weighted by molar-refractivity contribution is 7.92. The molecule has 0 aliphatic heterocycles. The molecule has 0 fully saturated rings. The Kier molecular flexibility index (Phi) is 7.25. The van der Waals surface area contributed by atoms with Crippen LogP contribution in [0.3, 0.4) is 0 Å². The van der Waals surface area contributed by atoms with Gasteiger partial charge in [0.2, 0.25) is 15.9 Å². The van der Waals surface area contributed by atoms with E-state index in [1.54, 1.807) is 31.2 Å². The first-order valence-electron chi connectivity index (χ1n) is 9.53. The molecule has 1 aromatic heterocycles. The van der Waals surface area contributed by atoms with E-state index in [-0.39, 0.29) is 10.7 Å². The van der Waals surface area contributed by atoms with Gasteiger partial charge >= 0.3 is 0 Å². The van der Waals surface area contributed by atoms with Crippen molar-refractivity contribution in [3.63, 3.8) is 0 Å². The molecule has 2 aromatic carbocycles. The molecule has 3 rings (SSSR count). The van der Waals surface area contributed by atoms with Crippen LogP contribution >= 0.6 is 11.6 Å². The number of aromatic nitrogens is 1. The molecule has 0 radical (unpaired) electrons. The topological polar surface area (TPSA) is 126 Å². The zero-order chi connectivity index (χ0) is 24.2. The largest absolute Gasteiger partial charge is 0.325 e. The van der Waals surface area contributed by atoms with E-state index in [0.29, 0.717) is 22.0 Å². The number of carbonyl (C=O) groups is 1. The summed E-state index contributed by atoms with van der Waals surface area (Å²) in [5.74, 6) is -0.436. The first-order valence-corrected chi connectivity index (χ1v) is 13.2. The Hall–Kier alpha value is -3.15. The summed E-state index contributed by atoms with van der Waals surface area (Å²) in [5, 5.41) is 2.91. The fraction of sp³-hybridized carbons (Fsp3) is 0.143. The van der Waals surface area contributed by atoms with E-state index in [1.807, 2.05) is 0 Å². The van der Waals surface area contributed by atoms with Gasteiger partial charge in [-0.3, -0.25) is 13.8 Å². The summed E-state index contributed by atoms with van der Waals surface area (Å²) in [7, 11) is -7.65. The lowest BCUT2D eigenvalue weighted by Gasteiger charge is -2.23. The number of anilines is 3. The molecule has 1 heterocycles. The van der Waals surface area contributed by atoms with Crippen LogP contribution in [0.4, 0.5) is 17.2 Å². The number of benzene rings is 2. The molecule has 9 nitrogen and oxygen atoms in total. The van der Waals surface area contributed by atoms with Crippen molar-refractivity contribution >= 4 is 54.7 Å². The second-order valence-corrected chi connectivity index (χ2v) is 11.1. The molecule has 1 amide bonds. The highest BCUT2D eigenvalue weighted by atomic mass is 35.5. The summed E-state index contributed by atoms with van der Waals surface area (Å²) in [5.41, 5.74) is 1.22. The normalized spacial score (nSPS) is 11.6. The van der Waals surface area contributed by atoms with Crippen molar-refractivity contribution in [3.8, 4) is 0 Å². The van der Waals surface area contributed by atoms with Gasteiger partial charge in [-0.1, -0.05) is 23.7 Å². The number of aryl methyl sites for hydroxylation is 1. The maximum atomic E-state index is 12.6. The van der Waals surface area contributed by atoms with Crippen molar-refractivity contribution < 1.29 is 21.6 Å². The van der Waals surface area contributed by atoms with Crippen LogP contribution in [0.25, 0.3) is 0 Å². The van der Waals surface area contributed by atoms with Gasteiger partial charge in [0.05, 0.1) is 16.8 Å². The van der Waals surface area contributed by atoms with Gasteiger partial charge in [0.15, 0.2) is 0 Å². The van der Waals surface area contributed by atoms with Crippen LogP contribution in [0.15, 0.2) is 71.8 Å². The minimum atomic E-state index is -3.87. The fourth-order valence-corrected chi connectivity index (χ4v) is 4.98. The van der Waals surface area contributed by atoms with Crippen LogP contribution in [-0.2, 0) is 24.8 Å². The monoisotopic (exact) mass is 508 g/mol. The van der Waals surface area contributed by atoms with E-state index in [1.165, 1.54) is 42.6 Å². The van der Waals surface area contributed by atoms with E-state index < -0.39 is 32.5 Å². The van der Waals surface area contributed by atoms with Crippen molar-refractivity contribution in [2.45, 2.75) is 11.8 Å². The lowest BCUT2D eigenvalue weighted by Crippen LogP contribution is -2.37. The third-order valence-electron chi connectivity index (χ3n) is 4.48. The molecular formula is C21H21ClN4O5S2. The summed E-state index contributed by atoms with van der Waals surface area (Å²) < 4.78 is 52.9. The highest BCUT2D eigenvalue weighted by Gasteiger charge is 2.23. The zero-order valence-electron chi connectivity index (χ0n) is 17.7. The predicted octanol–water partition coefficient (Wildman–Crippen LogP) is 3.25. The Bertz CT molecular complexity index is 1360. The lowest BCUT2D eigenvalue weighted by atomic mass is 10.2. The average molecular weight is 509 g/mol. The van der Waals surface area contributed by atoms with Crippen molar-refractivity contribution in [1.29, 1.82) is 0 Å². The fourth-order valence-electron chi connectivity index (χ4n) is 2.90. The van der Waals surface area contributed by atoms with Crippen LogP contribution in [0, 0.1) is 6.92 Å². The summed E-state index contributed by atoms with van der Waals surface area (Å²) >= 11 is 6.00. The molecule has 0 atom stereocenters. The predicted molar refractivity (Wildman–Crippen MR) is 128 cm³/mol. The van der Waals surface area contributed by atoms with Gasteiger partial charge in [-0.15, -0.1) is 0 Å². The molecule has 0 bridgehead atoms. The first kappa shape index (κ1) is 24.5. The van der Waals surface area contributed by atoms with Crippen LogP contribution in [0.1, 0.15) is 5.56 Å². The number of hydrogen-bond donors (Lipinski definition) is 2. The Morgan fingerprint density at radius 2 is 1.73 bits per heavy atom. The summed E-state index contributed by atoms with van der Waals surface area (Å²) in [6, 6.07) is 15.0. The van der Waals surface area contributed by atoms with Crippen LogP contribution < -0.4 is 14.3 Å². The third kappa shape index (κ3) is 6.44. The molecule has 2 N–H and O–H groups in total. The second kappa shape index (κ2) is 9.77. The van der Waals surface area contributed by atoms with Crippen molar-refractivity contribution in [2.24, 2.45) is 0 Å². The van der Waals surface area contributed by atoms with E-state index in [2.05, 4.69) is 15.0 Å². The van der Waals surface area contributed by atoms with Gasteiger partial charge in [0.25, 0.3) is 10.0 Å². The van der Waals surface area contributed by atoms with Gasteiger partial charge < -0.3 is 5.32 Å². The van der Waals surface area contributed by atoms with Gasteiger partial charge in [0.1, 0.15) is 12.4 Å². The van der Waals surface area contributed by atoms with E-state index in [0.717, 1.165) is 10.6 Å². The number of halogens is 1. The van der Waals surface area contributed by atoms with Crippen LogP contribution in [0.5, 0.6) is 0 Å². The van der Waals surface area contributed by atoms with Crippen molar-refractivity contribution in [3.05, 3.63) is 77.4 Å². The SMILES string of the molecule is Cc1ccc(Cl)cc1N(CC(=O)Nc1ccc(S(=O)(=O)Nc2ccccn2)cc1)S(C)(=O)=O. The van der Waals surface area contributed by atoms with Gasteiger partial charge in [-0.2, -0.15) is 0 Å². The number of pyridine rings is 1. The Morgan fingerprint density at radius 3 is 2.33 bits per heavy atom. The maximum absolute atomic E-state index is 12.6. The number of nitrogens with zero attached hydrogens (tertiary/aromatic N) is 2. The molecule has 0 aliphatic carbocycles. The van der Waals surface area contributed by atoms with Crippen LogP contribution in [-0.4, -0.2) is 40.5 Å². The number of amides is 1. The summed E-state index contributed by atoms with van der Waals surface area (Å²) in [6.45, 7) is 1.22. The first-order chi connectivity index (χ1) is 15.5. The molecule has 0 saturated heterocycles. The number of sulfonamides is 2. The molecular weight excluding hydrogens is 488 g/mol. The molecule has 0 aliphatic rings. The number of carbonyl (C=O) groups excluding carboxylic acids is 1. The van der Waals surface area contributed by atoms with Crippen LogP contribution in [0.2, 0.25) is 5.02 Å². The van der Waals surface area contributed by atoms with Gasteiger partial charge in [-0.25, -0.2) is 21.8 Å². The average Bonchev–Trinajstić information content (AvgIpc) is 2.74. The van der Waals surface area contributed by atoms with Gasteiger partial charge in [-0.05, 0) is 61.0 Å². The van der Waals surface area contributed by atoms with E-state index in [4.69, 9.17) is 11.6 Å². The van der Waals surface area contributed by atoms with Gasteiger partial charge in [0, 0.05) is 16.9 Å². The molecule has 33 heavy (non-hydrogen) atoms. The minimum absolute atomic E-state index is 0.0292. The zero-order valence-corrected chi connectivity index (χ0v) is 20.1. The standard InChI is InChI=1S/C21H21ClN4O5S2/c1-15-6-7-16(22)13-19(15)26(32(2,28)29)14-21(27)24-17-8-10-18(11-9-17)33(30,31)25-20-5-3-4-12-23-20/h3-13H,14H2,1-2H3,(H,23,25)(H,24,27). The highest BCUT2D eigenvalue weighted by Crippen LogP contribution is 2.26. The Labute approximate surface area is 197 Å². The number of rotatable bonds is 8. The summed E-state index contributed by atoms with van der Waals surface area (Å²) in [6.07, 6.45) is 2.45. The smallest absolute Gasteiger partial charge is 0.263 e. The molecule has 0 unspecified atom stereocenters. The quantitative estimate of drug-likeness (QED) is 0.481. The number of nitrogens with one attached hydrogen (secondary N) is 2. The third-order valence-corrected chi connectivity index (χ3v) is 7.21. The molecule has 174 valence electrons. The minimum Gasteiger partial charge on any atom is -0.325 e. The number of hydrogen-bond acceptors (Lipinski definition) is 6. The van der Waals surface area contributed by atoms with Crippen molar-refractivity contribution in [1.82, 2.24) is 4.98 Å². The Morgan fingerprint density at radius 1 is 1.03 bits per heavy atom. The Balaban J connectivity index is 1.74. The lowest BCUT2D eigenvalue weighted by molar-refractivity contribution is -0.114. The van der Waals surface area contributed by atoms with Crippen molar-refractivity contribution in [2.75, 3.05) is 27.1 Å². The molecule has 0 saturated carbocycles. The molecule has 3 aromatic rings. The summed E-state index contributed by atoms with van der Waals surface area (Å²) in [4.78, 5) is 16.5. The van der Waals surface area contributed by atoms with E-state index in [9.17, 15) is 21.6 Å².